The zero-order valence-corrected chi connectivity index (χ0v) is 15.3. The van der Waals surface area contributed by atoms with E-state index in [1.807, 2.05) is 12.1 Å². The van der Waals surface area contributed by atoms with Gasteiger partial charge in [-0.15, -0.1) is 0 Å². The predicted molar refractivity (Wildman–Crippen MR) is 101 cm³/mol. The number of hydrogen-bond acceptors (Lipinski definition) is 6. The van der Waals surface area contributed by atoms with Gasteiger partial charge < -0.3 is 14.8 Å². The summed E-state index contributed by atoms with van der Waals surface area (Å²) in [5.74, 6) is 1.56. The number of hydrogen-bond donors (Lipinski definition) is 1. The minimum atomic E-state index is -0.114. The van der Waals surface area contributed by atoms with E-state index in [1.54, 1.807) is 18.3 Å². The Morgan fingerprint density at radius 2 is 1.85 bits per heavy atom. The van der Waals surface area contributed by atoms with Crippen LogP contribution in [0.25, 0.3) is 0 Å². The van der Waals surface area contributed by atoms with Crippen molar-refractivity contribution >= 4 is 5.91 Å². The molecule has 0 bridgehead atoms. The lowest BCUT2D eigenvalue weighted by molar-refractivity contribution is 0.0929. The monoisotopic (exact) mass is 368 g/mol. The van der Waals surface area contributed by atoms with Crippen molar-refractivity contribution in [3.63, 3.8) is 0 Å². The first-order chi connectivity index (χ1) is 13.3. The molecule has 1 aromatic carbocycles. The first-order valence-corrected chi connectivity index (χ1v) is 9.30. The molecule has 0 unspecified atom stereocenters. The van der Waals surface area contributed by atoms with Gasteiger partial charge >= 0.3 is 0 Å². The number of rotatable bonds is 6. The fourth-order valence-corrected chi connectivity index (χ4v) is 3.38. The molecule has 2 aliphatic rings. The number of nitrogens with zero attached hydrogens (tertiary/aromatic N) is 3. The van der Waals surface area contributed by atoms with Gasteiger partial charge in [-0.25, -0.2) is 0 Å². The number of carbonyl (C=O) groups is 1. The van der Waals surface area contributed by atoms with Crippen molar-refractivity contribution in [3.05, 3.63) is 53.9 Å². The molecule has 7 nitrogen and oxygen atoms in total. The quantitative estimate of drug-likeness (QED) is 0.831. The molecule has 1 aromatic heterocycles. The number of aromatic nitrogens is 1. The van der Waals surface area contributed by atoms with E-state index < -0.39 is 0 Å². The number of amides is 1. The van der Waals surface area contributed by atoms with Crippen LogP contribution in [-0.4, -0.2) is 66.8 Å². The number of ether oxygens (including phenoxy) is 2. The standard InChI is InChI=1S/C20H24N4O3/c25-20(17-3-1-2-6-21-17)22-7-8-23-9-11-24(12-10-23)14-16-4-5-18-19(13-16)27-15-26-18/h1-6,13H,7-12,14-15H2,(H,22,25). The highest BCUT2D eigenvalue weighted by molar-refractivity contribution is 5.92. The molecule has 0 radical (unpaired) electrons. The largest absolute Gasteiger partial charge is 0.454 e. The SMILES string of the molecule is O=C(NCCN1CCN(Cc2ccc3c(c2)OCO3)CC1)c1ccccn1. The fraction of sp³-hybridized carbons (Fsp3) is 0.400. The van der Waals surface area contributed by atoms with Gasteiger partial charge in [-0.2, -0.15) is 0 Å². The molecule has 2 aliphatic heterocycles. The van der Waals surface area contributed by atoms with Crippen LogP contribution in [0.3, 0.4) is 0 Å². The van der Waals surface area contributed by atoms with E-state index >= 15 is 0 Å². The average Bonchev–Trinajstić information content (AvgIpc) is 3.18. The predicted octanol–water partition coefficient (Wildman–Crippen LogP) is 1.36. The summed E-state index contributed by atoms with van der Waals surface area (Å²) in [4.78, 5) is 20.9. The van der Waals surface area contributed by atoms with E-state index in [9.17, 15) is 4.79 Å². The Morgan fingerprint density at radius 1 is 1.04 bits per heavy atom. The second-order valence-corrected chi connectivity index (χ2v) is 6.78. The smallest absolute Gasteiger partial charge is 0.269 e. The molecule has 1 saturated heterocycles. The highest BCUT2D eigenvalue weighted by Crippen LogP contribution is 2.32. The molecule has 3 heterocycles. The van der Waals surface area contributed by atoms with Crippen LogP contribution < -0.4 is 14.8 Å². The molecular formula is C20H24N4O3. The van der Waals surface area contributed by atoms with Crippen molar-refractivity contribution in [2.24, 2.45) is 0 Å². The van der Waals surface area contributed by atoms with Crippen molar-refractivity contribution in [2.75, 3.05) is 46.1 Å². The fourth-order valence-electron chi connectivity index (χ4n) is 3.38. The van der Waals surface area contributed by atoms with Gasteiger partial charge in [0.1, 0.15) is 5.69 Å². The highest BCUT2D eigenvalue weighted by Gasteiger charge is 2.19. The normalized spacial score (nSPS) is 17.0. The van der Waals surface area contributed by atoms with Crippen LogP contribution in [0.4, 0.5) is 0 Å². The van der Waals surface area contributed by atoms with Crippen molar-refractivity contribution < 1.29 is 14.3 Å². The maximum Gasteiger partial charge on any atom is 0.269 e. The van der Waals surface area contributed by atoms with Gasteiger partial charge in [-0.3, -0.25) is 19.6 Å². The molecular weight excluding hydrogens is 344 g/mol. The van der Waals surface area contributed by atoms with Crippen LogP contribution in [0.15, 0.2) is 42.6 Å². The molecule has 0 atom stereocenters. The van der Waals surface area contributed by atoms with Gasteiger partial charge in [0.15, 0.2) is 11.5 Å². The minimum Gasteiger partial charge on any atom is -0.454 e. The van der Waals surface area contributed by atoms with E-state index in [0.29, 0.717) is 19.0 Å². The van der Waals surface area contributed by atoms with E-state index in [4.69, 9.17) is 9.47 Å². The second-order valence-electron chi connectivity index (χ2n) is 6.78. The first kappa shape index (κ1) is 17.8. The summed E-state index contributed by atoms with van der Waals surface area (Å²) in [6.45, 7) is 6.77. The Morgan fingerprint density at radius 3 is 2.67 bits per heavy atom. The molecule has 0 spiro atoms. The van der Waals surface area contributed by atoms with Crippen LogP contribution in [0.5, 0.6) is 11.5 Å². The van der Waals surface area contributed by atoms with Crippen molar-refractivity contribution in [2.45, 2.75) is 6.54 Å². The van der Waals surface area contributed by atoms with Gasteiger partial charge in [-0.1, -0.05) is 12.1 Å². The van der Waals surface area contributed by atoms with E-state index in [2.05, 4.69) is 32.2 Å². The molecule has 1 amide bonds. The molecule has 27 heavy (non-hydrogen) atoms. The number of fused-ring (bicyclic) bond motifs is 1. The van der Waals surface area contributed by atoms with Crippen LogP contribution in [0, 0.1) is 0 Å². The molecule has 7 heteroatoms. The summed E-state index contributed by atoms with van der Waals surface area (Å²) in [5.41, 5.74) is 1.71. The maximum atomic E-state index is 12.0. The molecule has 0 saturated carbocycles. The van der Waals surface area contributed by atoms with Crippen molar-refractivity contribution in [1.29, 1.82) is 0 Å². The molecule has 1 fully saturated rings. The number of carbonyl (C=O) groups excluding carboxylic acids is 1. The lowest BCUT2D eigenvalue weighted by Crippen LogP contribution is -2.48. The summed E-state index contributed by atoms with van der Waals surface area (Å²) in [7, 11) is 0. The van der Waals surface area contributed by atoms with Gasteiger partial charge in [0, 0.05) is 52.0 Å². The summed E-state index contributed by atoms with van der Waals surface area (Å²) in [5, 5.41) is 2.94. The number of benzene rings is 1. The Bertz CT molecular complexity index is 776. The summed E-state index contributed by atoms with van der Waals surface area (Å²) in [6, 6.07) is 11.5. The van der Waals surface area contributed by atoms with E-state index in [-0.39, 0.29) is 5.91 Å². The molecule has 142 valence electrons. The van der Waals surface area contributed by atoms with E-state index in [0.717, 1.165) is 50.8 Å². The van der Waals surface area contributed by atoms with Crippen LogP contribution in [-0.2, 0) is 6.54 Å². The Kier molecular flexibility index (Phi) is 5.50. The van der Waals surface area contributed by atoms with Crippen LogP contribution in [0.2, 0.25) is 0 Å². The summed E-state index contributed by atoms with van der Waals surface area (Å²) < 4.78 is 10.8. The van der Waals surface area contributed by atoms with Crippen LogP contribution >= 0.6 is 0 Å². The Balaban J connectivity index is 1.17. The average molecular weight is 368 g/mol. The second kappa shape index (κ2) is 8.37. The van der Waals surface area contributed by atoms with Crippen molar-refractivity contribution in [1.82, 2.24) is 20.1 Å². The van der Waals surface area contributed by atoms with Crippen molar-refractivity contribution in [3.8, 4) is 11.5 Å². The highest BCUT2D eigenvalue weighted by atomic mass is 16.7. The van der Waals surface area contributed by atoms with E-state index in [1.165, 1.54) is 5.56 Å². The maximum absolute atomic E-state index is 12.0. The van der Waals surface area contributed by atoms with Gasteiger partial charge in [0.05, 0.1) is 0 Å². The van der Waals surface area contributed by atoms with Gasteiger partial charge in [-0.05, 0) is 29.8 Å². The number of piperazine rings is 1. The molecule has 0 aliphatic carbocycles. The number of pyridine rings is 1. The lowest BCUT2D eigenvalue weighted by atomic mass is 10.1. The zero-order valence-electron chi connectivity index (χ0n) is 15.3. The third-order valence-electron chi connectivity index (χ3n) is 4.92. The Hall–Kier alpha value is -2.64. The topological polar surface area (TPSA) is 66.9 Å². The molecule has 1 N–H and O–H groups in total. The Labute approximate surface area is 158 Å². The third kappa shape index (κ3) is 4.56. The zero-order chi connectivity index (χ0) is 18.5. The molecule has 4 rings (SSSR count). The summed E-state index contributed by atoms with van der Waals surface area (Å²) >= 11 is 0. The lowest BCUT2D eigenvalue weighted by Gasteiger charge is -2.34. The minimum absolute atomic E-state index is 0.114. The summed E-state index contributed by atoms with van der Waals surface area (Å²) in [6.07, 6.45) is 1.63. The first-order valence-electron chi connectivity index (χ1n) is 9.30. The third-order valence-corrected chi connectivity index (χ3v) is 4.92. The van der Waals surface area contributed by atoms with Gasteiger partial charge in [0.25, 0.3) is 5.91 Å². The number of nitrogens with one attached hydrogen (secondary N) is 1. The van der Waals surface area contributed by atoms with Gasteiger partial charge in [0.2, 0.25) is 6.79 Å². The van der Waals surface area contributed by atoms with Crippen LogP contribution in [0.1, 0.15) is 16.1 Å². The molecule has 2 aromatic rings.